The number of aryl methyl sites for hydroxylation is 1. The number of hydrogen-bond donors (Lipinski definition) is 2. The number of nitrogens with zero attached hydrogens (tertiary/aromatic N) is 1. The fourth-order valence-electron chi connectivity index (χ4n) is 3.98. The van der Waals surface area contributed by atoms with E-state index in [-0.39, 0.29) is 16.0 Å². The number of amides is 2. The number of sulfonamides is 1. The summed E-state index contributed by atoms with van der Waals surface area (Å²) >= 11 is 5.90. The van der Waals surface area contributed by atoms with E-state index in [9.17, 15) is 18.0 Å². The summed E-state index contributed by atoms with van der Waals surface area (Å²) in [5.74, 6) is -0.910. The van der Waals surface area contributed by atoms with Crippen molar-refractivity contribution >= 4 is 44.8 Å². The van der Waals surface area contributed by atoms with E-state index in [2.05, 4.69) is 10.6 Å². The van der Waals surface area contributed by atoms with Crippen molar-refractivity contribution in [3.05, 3.63) is 88.4 Å². The number of nitrogens with one attached hydrogen (secondary N) is 2. The molecule has 0 aliphatic carbocycles. The number of benzene rings is 3. The van der Waals surface area contributed by atoms with Crippen molar-refractivity contribution in [3.8, 4) is 0 Å². The van der Waals surface area contributed by atoms with Gasteiger partial charge in [-0.3, -0.25) is 9.59 Å². The quantitative estimate of drug-likeness (QED) is 0.467. The summed E-state index contributed by atoms with van der Waals surface area (Å²) in [6.45, 7) is 2.68. The molecule has 0 radical (unpaired) electrons. The first-order valence-corrected chi connectivity index (χ1v) is 13.2. The molecule has 1 fully saturated rings. The zero-order valence-corrected chi connectivity index (χ0v) is 20.8. The average Bonchev–Trinajstić information content (AvgIpc) is 2.86. The van der Waals surface area contributed by atoms with E-state index < -0.39 is 21.8 Å². The molecule has 3 aromatic carbocycles. The van der Waals surface area contributed by atoms with Gasteiger partial charge in [0.2, 0.25) is 10.0 Å². The molecule has 0 atom stereocenters. The third-order valence-corrected chi connectivity index (χ3v) is 8.20. The van der Waals surface area contributed by atoms with Gasteiger partial charge in [-0.15, -0.1) is 0 Å². The van der Waals surface area contributed by atoms with Crippen LogP contribution in [-0.4, -0.2) is 37.6 Å². The minimum atomic E-state index is -3.70. The van der Waals surface area contributed by atoms with Crippen LogP contribution >= 0.6 is 11.6 Å². The average molecular weight is 512 g/mol. The van der Waals surface area contributed by atoms with Gasteiger partial charge < -0.3 is 10.6 Å². The smallest absolute Gasteiger partial charge is 0.257 e. The Labute approximate surface area is 210 Å². The van der Waals surface area contributed by atoms with E-state index in [1.54, 1.807) is 67.6 Å². The SMILES string of the molecule is Cc1ccc(C(=O)Nc2ccccc2C(=O)Nc2ccc(Cl)cc2)cc1S(=O)(=O)N1CCCCC1. The zero-order chi connectivity index (χ0) is 25.0. The summed E-state index contributed by atoms with van der Waals surface area (Å²) in [6, 6.07) is 17.9. The van der Waals surface area contributed by atoms with Gasteiger partial charge >= 0.3 is 0 Å². The van der Waals surface area contributed by atoms with Crippen molar-refractivity contribution in [2.24, 2.45) is 0 Å². The maximum Gasteiger partial charge on any atom is 0.257 e. The number of hydrogen-bond acceptors (Lipinski definition) is 4. The molecule has 7 nitrogen and oxygen atoms in total. The maximum absolute atomic E-state index is 13.2. The predicted octanol–water partition coefficient (Wildman–Crippen LogP) is 5.33. The Bertz CT molecular complexity index is 1350. The highest BCUT2D eigenvalue weighted by atomic mass is 35.5. The number of anilines is 2. The van der Waals surface area contributed by atoms with E-state index in [0.717, 1.165) is 19.3 Å². The van der Waals surface area contributed by atoms with Crippen LogP contribution in [0.5, 0.6) is 0 Å². The molecule has 1 aliphatic rings. The number of carbonyl (C=O) groups excluding carboxylic acids is 2. The molecule has 0 saturated carbocycles. The lowest BCUT2D eigenvalue weighted by atomic mass is 10.1. The fraction of sp³-hybridized carbons (Fsp3) is 0.231. The molecule has 0 unspecified atom stereocenters. The molecule has 3 aromatic rings. The number of rotatable bonds is 6. The summed E-state index contributed by atoms with van der Waals surface area (Å²) < 4.78 is 27.9. The van der Waals surface area contributed by atoms with Crippen LogP contribution in [0.3, 0.4) is 0 Å². The van der Waals surface area contributed by atoms with Crippen LogP contribution < -0.4 is 10.6 Å². The minimum absolute atomic E-state index is 0.126. The lowest BCUT2D eigenvalue weighted by molar-refractivity contribution is 0.102. The topological polar surface area (TPSA) is 95.6 Å². The molecule has 2 N–H and O–H groups in total. The zero-order valence-electron chi connectivity index (χ0n) is 19.3. The van der Waals surface area contributed by atoms with Crippen molar-refractivity contribution in [3.63, 3.8) is 0 Å². The Hall–Kier alpha value is -3.20. The monoisotopic (exact) mass is 511 g/mol. The number of carbonyl (C=O) groups is 2. The normalized spacial score (nSPS) is 14.3. The van der Waals surface area contributed by atoms with Gasteiger partial charge in [-0.05, 0) is 73.9 Å². The first kappa shape index (κ1) is 24.9. The molecule has 0 spiro atoms. The molecule has 1 heterocycles. The highest BCUT2D eigenvalue weighted by Gasteiger charge is 2.28. The molecule has 1 aliphatic heterocycles. The number of para-hydroxylation sites is 1. The van der Waals surface area contributed by atoms with Gasteiger partial charge in [-0.1, -0.05) is 36.2 Å². The summed E-state index contributed by atoms with van der Waals surface area (Å²) in [5.41, 5.74) is 1.91. The largest absolute Gasteiger partial charge is 0.322 e. The summed E-state index contributed by atoms with van der Waals surface area (Å²) in [5, 5.41) is 6.08. The second-order valence-corrected chi connectivity index (χ2v) is 10.7. The summed E-state index contributed by atoms with van der Waals surface area (Å²) in [7, 11) is -3.70. The fourth-order valence-corrected chi connectivity index (χ4v) is 5.87. The summed E-state index contributed by atoms with van der Waals surface area (Å²) in [6.07, 6.45) is 2.67. The van der Waals surface area contributed by atoms with Gasteiger partial charge in [0.25, 0.3) is 11.8 Å². The lowest BCUT2D eigenvalue weighted by Crippen LogP contribution is -2.36. The van der Waals surface area contributed by atoms with Gasteiger partial charge in [0.1, 0.15) is 0 Å². The molecule has 182 valence electrons. The molecule has 35 heavy (non-hydrogen) atoms. The van der Waals surface area contributed by atoms with Gasteiger partial charge in [0.15, 0.2) is 0 Å². The van der Waals surface area contributed by atoms with Gasteiger partial charge in [0.05, 0.1) is 16.1 Å². The van der Waals surface area contributed by atoms with Crippen LogP contribution in [0.15, 0.2) is 71.6 Å². The molecule has 1 saturated heterocycles. The minimum Gasteiger partial charge on any atom is -0.322 e. The lowest BCUT2D eigenvalue weighted by Gasteiger charge is -2.26. The third-order valence-electron chi connectivity index (χ3n) is 5.91. The maximum atomic E-state index is 13.2. The molecular formula is C26H26ClN3O4S. The first-order valence-electron chi connectivity index (χ1n) is 11.3. The van der Waals surface area contributed by atoms with E-state index in [1.165, 1.54) is 10.4 Å². The van der Waals surface area contributed by atoms with E-state index in [1.807, 2.05) is 0 Å². The Morgan fingerprint density at radius 2 is 1.54 bits per heavy atom. The van der Waals surface area contributed by atoms with Crippen LogP contribution in [0, 0.1) is 6.92 Å². The van der Waals surface area contributed by atoms with Crippen molar-refractivity contribution in [2.75, 3.05) is 23.7 Å². The highest BCUT2D eigenvalue weighted by molar-refractivity contribution is 7.89. The second-order valence-electron chi connectivity index (χ2n) is 8.41. The first-order chi connectivity index (χ1) is 16.8. The second kappa shape index (κ2) is 10.6. The molecule has 0 aromatic heterocycles. The van der Waals surface area contributed by atoms with Crippen LogP contribution in [0.2, 0.25) is 5.02 Å². The molecule has 9 heteroatoms. The van der Waals surface area contributed by atoms with Crippen molar-refractivity contribution in [2.45, 2.75) is 31.1 Å². The van der Waals surface area contributed by atoms with Gasteiger partial charge in [0, 0.05) is 29.4 Å². The van der Waals surface area contributed by atoms with E-state index in [0.29, 0.717) is 35.1 Å². The third kappa shape index (κ3) is 5.73. The molecule has 0 bridgehead atoms. The van der Waals surface area contributed by atoms with Crippen molar-refractivity contribution < 1.29 is 18.0 Å². The van der Waals surface area contributed by atoms with E-state index in [4.69, 9.17) is 11.6 Å². The van der Waals surface area contributed by atoms with Crippen LogP contribution in [0.4, 0.5) is 11.4 Å². The van der Waals surface area contributed by atoms with Gasteiger partial charge in [-0.2, -0.15) is 4.31 Å². The van der Waals surface area contributed by atoms with Crippen molar-refractivity contribution in [1.29, 1.82) is 0 Å². The van der Waals surface area contributed by atoms with Crippen LogP contribution in [0.1, 0.15) is 45.5 Å². The van der Waals surface area contributed by atoms with Crippen molar-refractivity contribution in [1.82, 2.24) is 4.31 Å². The molecular weight excluding hydrogens is 486 g/mol. The Morgan fingerprint density at radius 1 is 0.857 bits per heavy atom. The van der Waals surface area contributed by atoms with Crippen LogP contribution in [-0.2, 0) is 10.0 Å². The number of halogens is 1. The Balaban J connectivity index is 1.56. The van der Waals surface area contributed by atoms with Crippen LogP contribution in [0.25, 0.3) is 0 Å². The molecule has 2 amide bonds. The van der Waals surface area contributed by atoms with Gasteiger partial charge in [-0.25, -0.2) is 8.42 Å². The standard InChI is InChI=1S/C26H26ClN3O4S/c1-18-9-10-19(17-24(18)35(33,34)30-15-5-2-6-16-30)25(31)29-23-8-4-3-7-22(23)26(32)28-21-13-11-20(27)12-14-21/h3-4,7-14,17H,2,5-6,15-16H2,1H3,(H,28,32)(H,29,31). The summed E-state index contributed by atoms with van der Waals surface area (Å²) in [4.78, 5) is 26.1. The Kier molecular flexibility index (Phi) is 7.54. The predicted molar refractivity (Wildman–Crippen MR) is 138 cm³/mol. The Morgan fingerprint density at radius 3 is 2.26 bits per heavy atom. The molecule has 4 rings (SSSR count). The number of piperidine rings is 1. The van der Waals surface area contributed by atoms with E-state index >= 15 is 0 Å². The highest BCUT2D eigenvalue weighted by Crippen LogP contribution is 2.25.